The molecule has 0 aliphatic rings. The van der Waals surface area contributed by atoms with Gasteiger partial charge in [-0.15, -0.1) is 6.58 Å². The van der Waals surface area contributed by atoms with Crippen LogP contribution >= 0.6 is 0 Å². The number of allylic oxidation sites excluding steroid dienone is 5. The third-order valence-electron chi connectivity index (χ3n) is 1.64. The van der Waals surface area contributed by atoms with E-state index in [4.69, 9.17) is 5.11 Å². The highest BCUT2D eigenvalue weighted by Crippen LogP contribution is 2.06. The Labute approximate surface area is 85.6 Å². The highest BCUT2D eigenvalue weighted by atomic mass is 16.3. The molecule has 0 spiro atoms. The van der Waals surface area contributed by atoms with Gasteiger partial charge in [0, 0.05) is 0 Å². The lowest BCUT2D eigenvalue weighted by Crippen LogP contribution is -1.94. The SMILES string of the molecule is C=CC/C=C([B]C)\C=C(\C=O)C(=C)O. The predicted molar refractivity (Wildman–Crippen MR) is 60.4 cm³/mol. The molecule has 0 aromatic rings. The average molecular weight is 189 g/mol. The monoisotopic (exact) mass is 189 g/mol. The van der Waals surface area contributed by atoms with Crippen molar-refractivity contribution in [1.82, 2.24) is 0 Å². The van der Waals surface area contributed by atoms with Crippen molar-refractivity contribution in [3.05, 3.63) is 48.2 Å². The maximum absolute atomic E-state index is 10.5. The van der Waals surface area contributed by atoms with Crippen molar-refractivity contribution in [1.29, 1.82) is 0 Å². The Morgan fingerprint density at radius 3 is 2.57 bits per heavy atom. The van der Waals surface area contributed by atoms with E-state index in [9.17, 15) is 4.79 Å². The van der Waals surface area contributed by atoms with Gasteiger partial charge in [0.15, 0.2) is 6.29 Å². The summed E-state index contributed by atoms with van der Waals surface area (Å²) in [5.74, 6) is -0.216. The van der Waals surface area contributed by atoms with E-state index in [0.29, 0.717) is 6.29 Å². The highest BCUT2D eigenvalue weighted by molar-refractivity contribution is 6.44. The van der Waals surface area contributed by atoms with Crippen LogP contribution in [-0.2, 0) is 4.79 Å². The van der Waals surface area contributed by atoms with Crippen molar-refractivity contribution < 1.29 is 9.90 Å². The number of hydrogen-bond acceptors (Lipinski definition) is 2. The largest absolute Gasteiger partial charge is 0.508 e. The van der Waals surface area contributed by atoms with Gasteiger partial charge in [-0.3, -0.25) is 4.79 Å². The van der Waals surface area contributed by atoms with Gasteiger partial charge >= 0.3 is 0 Å². The molecule has 0 rings (SSSR count). The molecule has 0 unspecified atom stereocenters. The van der Waals surface area contributed by atoms with Crippen LogP contribution in [0.2, 0.25) is 6.82 Å². The van der Waals surface area contributed by atoms with Crippen LogP contribution in [0.25, 0.3) is 0 Å². The van der Waals surface area contributed by atoms with Crippen molar-refractivity contribution in [3.8, 4) is 0 Å². The number of rotatable bonds is 6. The molecule has 0 bridgehead atoms. The normalized spacial score (nSPS) is 12.1. The van der Waals surface area contributed by atoms with Crippen LogP contribution in [0.4, 0.5) is 0 Å². The molecule has 0 saturated heterocycles. The van der Waals surface area contributed by atoms with E-state index in [1.807, 2.05) is 20.2 Å². The summed E-state index contributed by atoms with van der Waals surface area (Å²) in [6, 6.07) is 0. The Kier molecular flexibility index (Phi) is 6.20. The van der Waals surface area contributed by atoms with Crippen molar-refractivity contribution in [2.75, 3.05) is 0 Å². The zero-order chi connectivity index (χ0) is 11.0. The van der Waals surface area contributed by atoms with Crippen LogP contribution in [0.3, 0.4) is 0 Å². The quantitative estimate of drug-likeness (QED) is 0.174. The van der Waals surface area contributed by atoms with Gasteiger partial charge in [-0.1, -0.05) is 37.1 Å². The summed E-state index contributed by atoms with van der Waals surface area (Å²) in [6.07, 6.45) is 6.54. The molecule has 0 amide bonds. The fraction of sp³-hybridized carbons (Fsp3) is 0.182. The number of aliphatic hydroxyl groups excluding tert-OH is 1. The molecule has 0 aromatic heterocycles. The predicted octanol–water partition coefficient (Wildman–Crippen LogP) is 2.40. The summed E-state index contributed by atoms with van der Waals surface area (Å²) in [6.45, 7) is 8.73. The fourth-order valence-corrected chi connectivity index (χ4v) is 0.844. The molecule has 73 valence electrons. The average Bonchev–Trinajstić information content (AvgIpc) is 2.18. The summed E-state index contributed by atoms with van der Waals surface area (Å²) in [5, 5.41) is 9.03. The van der Waals surface area contributed by atoms with Crippen molar-refractivity contribution >= 4 is 13.6 Å². The second-order valence-electron chi connectivity index (χ2n) is 2.68. The molecule has 3 heteroatoms. The molecule has 14 heavy (non-hydrogen) atoms. The van der Waals surface area contributed by atoms with E-state index in [1.165, 1.54) is 0 Å². The van der Waals surface area contributed by atoms with E-state index >= 15 is 0 Å². The molecule has 1 N–H and O–H groups in total. The second kappa shape index (κ2) is 6.95. The molecule has 0 aromatic carbocycles. The molecule has 0 saturated carbocycles. The first kappa shape index (κ1) is 12.5. The second-order valence-corrected chi connectivity index (χ2v) is 2.68. The molecular weight excluding hydrogens is 175 g/mol. The first-order chi connectivity index (χ1) is 6.65. The molecular formula is C11H14BO2. The summed E-state index contributed by atoms with van der Waals surface area (Å²) in [4.78, 5) is 10.5. The van der Waals surface area contributed by atoms with Crippen molar-refractivity contribution in [2.24, 2.45) is 0 Å². The van der Waals surface area contributed by atoms with E-state index in [1.54, 1.807) is 12.2 Å². The highest BCUT2D eigenvalue weighted by Gasteiger charge is 1.99. The Hall–Kier alpha value is -1.51. The van der Waals surface area contributed by atoms with Crippen LogP contribution < -0.4 is 0 Å². The van der Waals surface area contributed by atoms with Crippen molar-refractivity contribution in [3.63, 3.8) is 0 Å². The summed E-state index contributed by atoms with van der Waals surface area (Å²) in [5.41, 5.74) is 1.06. The first-order valence-corrected chi connectivity index (χ1v) is 4.31. The Morgan fingerprint density at radius 2 is 2.21 bits per heavy atom. The van der Waals surface area contributed by atoms with Crippen LogP contribution in [0.1, 0.15) is 6.42 Å². The van der Waals surface area contributed by atoms with Crippen LogP contribution in [-0.4, -0.2) is 18.7 Å². The summed E-state index contributed by atoms with van der Waals surface area (Å²) < 4.78 is 0. The zero-order valence-electron chi connectivity index (χ0n) is 8.36. The van der Waals surface area contributed by atoms with Gasteiger partial charge < -0.3 is 5.11 Å². The maximum Gasteiger partial charge on any atom is 0.153 e. The zero-order valence-corrected chi connectivity index (χ0v) is 8.36. The lowest BCUT2D eigenvalue weighted by atomic mass is 9.71. The Balaban J connectivity index is 4.77. The van der Waals surface area contributed by atoms with Crippen molar-refractivity contribution in [2.45, 2.75) is 13.2 Å². The van der Waals surface area contributed by atoms with Gasteiger partial charge in [-0.25, -0.2) is 0 Å². The summed E-state index contributed by atoms with van der Waals surface area (Å²) >= 11 is 0. The third-order valence-corrected chi connectivity index (χ3v) is 1.64. The lowest BCUT2D eigenvalue weighted by molar-refractivity contribution is -0.104. The van der Waals surface area contributed by atoms with Gasteiger partial charge in [0.1, 0.15) is 13.0 Å². The number of aliphatic hydroxyl groups is 1. The van der Waals surface area contributed by atoms with E-state index in [-0.39, 0.29) is 11.3 Å². The third kappa shape index (κ3) is 4.50. The molecule has 1 radical (unpaired) electrons. The number of aldehydes is 1. The van der Waals surface area contributed by atoms with Gasteiger partial charge in [-0.05, 0) is 6.42 Å². The molecule has 0 fully saturated rings. The van der Waals surface area contributed by atoms with Crippen LogP contribution in [0.15, 0.2) is 48.2 Å². The fourth-order valence-electron chi connectivity index (χ4n) is 0.844. The van der Waals surface area contributed by atoms with Gasteiger partial charge in [0.05, 0.1) is 5.57 Å². The molecule has 0 aliphatic heterocycles. The van der Waals surface area contributed by atoms with Crippen LogP contribution in [0, 0.1) is 0 Å². The Bertz CT molecular complexity index is 288. The standard InChI is InChI=1S/C11H14BO2/c1-4-5-6-11(12-3)7-10(8-13)9(2)14/h4,6-8,14H,1-2,5H2,3H3/b10-7-,11-6+. The van der Waals surface area contributed by atoms with E-state index < -0.39 is 0 Å². The number of carbonyl (C=O) groups is 1. The van der Waals surface area contributed by atoms with Gasteiger partial charge in [-0.2, -0.15) is 0 Å². The molecule has 0 heterocycles. The topological polar surface area (TPSA) is 37.3 Å². The number of hydrogen-bond donors (Lipinski definition) is 1. The lowest BCUT2D eigenvalue weighted by Gasteiger charge is -1.99. The molecule has 0 atom stereocenters. The number of carbonyl (C=O) groups excluding carboxylic acids is 1. The Morgan fingerprint density at radius 1 is 1.57 bits per heavy atom. The first-order valence-electron chi connectivity index (χ1n) is 4.31. The summed E-state index contributed by atoms with van der Waals surface area (Å²) in [7, 11) is 1.84. The molecule has 2 nitrogen and oxygen atoms in total. The van der Waals surface area contributed by atoms with Gasteiger partial charge in [0.2, 0.25) is 0 Å². The minimum absolute atomic E-state index is 0.193. The minimum Gasteiger partial charge on any atom is -0.508 e. The van der Waals surface area contributed by atoms with E-state index in [0.717, 1.165) is 11.9 Å². The van der Waals surface area contributed by atoms with E-state index in [2.05, 4.69) is 13.2 Å². The maximum atomic E-state index is 10.5. The minimum atomic E-state index is -0.216. The van der Waals surface area contributed by atoms with Crippen LogP contribution in [0.5, 0.6) is 0 Å². The molecule has 0 aliphatic carbocycles. The smallest absolute Gasteiger partial charge is 0.153 e. The van der Waals surface area contributed by atoms with Gasteiger partial charge in [0.25, 0.3) is 0 Å².